The maximum Gasteiger partial charge on any atom is 0.268 e. The Morgan fingerprint density at radius 2 is 2.31 bits per heavy atom. The molecule has 2 heterocycles. The van der Waals surface area contributed by atoms with Gasteiger partial charge in [0.1, 0.15) is 11.5 Å². The smallest absolute Gasteiger partial charge is 0.268 e. The number of hydrogen-bond donors (Lipinski definition) is 2. The van der Waals surface area contributed by atoms with Gasteiger partial charge in [-0.3, -0.25) is 14.5 Å². The Morgan fingerprint density at radius 3 is 3.03 bits per heavy atom. The van der Waals surface area contributed by atoms with Crippen LogP contribution in [0.5, 0.6) is 0 Å². The molecule has 1 fully saturated rings. The van der Waals surface area contributed by atoms with Crippen LogP contribution in [0.2, 0.25) is 5.02 Å². The average Bonchev–Trinajstić information content (AvgIpc) is 3.17. The van der Waals surface area contributed by atoms with Crippen molar-refractivity contribution in [3.8, 4) is 0 Å². The Labute approximate surface area is 180 Å². The molecule has 1 aromatic heterocycles. The molecule has 3 N–H and O–H groups in total. The van der Waals surface area contributed by atoms with Crippen molar-refractivity contribution in [2.24, 2.45) is 5.73 Å². The summed E-state index contributed by atoms with van der Waals surface area (Å²) in [6, 6.07) is 4.71. The number of hydrogen-bond acceptors (Lipinski definition) is 7. The lowest BCUT2D eigenvalue weighted by Crippen LogP contribution is -2.47. The molecule has 2 amide bonds. The van der Waals surface area contributed by atoms with E-state index in [2.05, 4.69) is 15.2 Å². The number of ether oxygens (including phenoxy) is 1. The molecule has 2 aromatic rings. The second kappa shape index (κ2) is 10.4. The molecular formula is C18H20ClFN4O3S2. The van der Waals surface area contributed by atoms with Gasteiger partial charge in [0.15, 0.2) is 4.34 Å². The molecular weight excluding hydrogens is 439 g/mol. The number of carbonyl (C=O) groups is 2. The largest absolute Gasteiger partial charge is 0.374 e. The summed E-state index contributed by atoms with van der Waals surface area (Å²) >= 11 is 8.37. The summed E-state index contributed by atoms with van der Waals surface area (Å²) in [6.07, 6.45) is -0.130. The van der Waals surface area contributed by atoms with Crippen molar-refractivity contribution >= 4 is 46.5 Å². The number of benzene rings is 1. The van der Waals surface area contributed by atoms with Crippen LogP contribution < -0.4 is 11.1 Å². The standard InChI is InChI=1S/C18H20ClFN4O3S2/c19-13-5-11(1-2-14(13)20)7-24-3-4-27-12(8-24)6-22-16(25)10-29-18-23-15(9-28-18)17(21)26/h1-2,5,9,12H,3-4,6-8,10H2,(H2,21,26)(H,22,25). The summed E-state index contributed by atoms with van der Waals surface area (Å²) in [7, 11) is 0. The molecule has 1 aromatic carbocycles. The lowest BCUT2D eigenvalue weighted by molar-refractivity contribution is -0.119. The van der Waals surface area contributed by atoms with Crippen LogP contribution in [0.25, 0.3) is 0 Å². The Hall–Kier alpha value is -1.72. The van der Waals surface area contributed by atoms with E-state index in [0.717, 1.165) is 12.1 Å². The van der Waals surface area contributed by atoms with Crippen LogP contribution in [-0.4, -0.2) is 59.8 Å². The number of aromatic nitrogens is 1. The predicted molar refractivity (Wildman–Crippen MR) is 111 cm³/mol. The molecule has 3 rings (SSSR count). The van der Waals surface area contributed by atoms with Gasteiger partial charge in [0.2, 0.25) is 5.91 Å². The highest BCUT2D eigenvalue weighted by atomic mass is 35.5. The number of carbonyl (C=O) groups excluding carboxylic acids is 2. The van der Waals surface area contributed by atoms with Gasteiger partial charge in [0.05, 0.1) is 23.5 Å². The van der Waals surface area contributed by atoms with Gasteiger partial charge in [-0.2, -0.15) is 0 Å². The van der Waals surface area contributed by atoms with Crippen molar-refractivity contribution in [3.05, 3.63) is 45.7 Å². The number of halogens is 2. The molecule has 1 aliphatic rings. The Morgan fingerprint density at radius 1 is 1.48 bits per heavy atom. The quantitative estimate of drug-likeness (QED) is 0.588. The van der Waals surface area contributed by atoms with Gasteiger partial charge < -0.3 is 15.8 Å². The van der Waals surface area contributed by atoms with Crippen molar-refractivity contribution in [2.75, 3.05) is 32.0 Å². The zero-order chi connectivity index (χ0) is 20.8. The number of thiazole rings is 1. The zero-order valence-corrected chi connectivity index (χ0v) is 17.8. The van der Waals surface area contributed by atoms with E-state index < -0.39 is 11.7 Å². The molecule has 156 valence electrons. The van der Waals surface area contributed by atoms with Gasteiger partial charge in [0, 0.05) is 31.6 Å². The minimum Gasteiger partial charge on any atom is -0.374 e. The first-order valence-corrected chi connectivity index (χ1v) is 11.1. The minimum absolute atomic E-state index is 0.111. The molecule has 0 spiro atoms. The molecule has 11 heteroatoms. The third-order valence-corrected chi connectivity index (χ3v) is 6.51. The minimum atomic E-state index is -0.584. The maximum atomic E-state index is 13.3. The molecule has 1 atom stereocenters. The fourth-order valence-electron chi connectivity index (χ4n) is 2.79. The third kappa shape index (κ3) is 6.65. The van der Waals surface area contributed by atoms with E-state index in [9.17, 15) is 14.0 Å². The third-order valence-electron chi connectivity index (χ3n) is 4.20. The second-order valence-electron chi connectivity index (χ2n) is 6.43. The van der Waals surface area contributed by atoms with Crippen LogP contribution in [-0.2, 0) is 16.1 Å². The van der Waals surface area contributed by atoms with Crippen molar-refractivity contribution < 1.29 is 18.7 Å². The van der Waals surface area contributed by atoms with Crippen LogP contribution in [0.4, 0.5) is 4.39 Å². The van der Waals surface area contributed by atoms with Crippen molar-refractivity contribution in [1.82, 2.24) is 15.2 Å². The van der Waals surface area contributed by atoms with E-state index in [0.29, 0.717) is 30.6 Å². The number of nitrogens with zero attached hydrogens (tertiary/aromatic N) is 2. The summed E-state index contributed by atoms with van der Waals surface area (Å²) < 4.78 is 19.6. The summed E-state index contributed by atoms with van der Waals surface area (Å²) in [6.45, 7) is 2.98. The lowest BCUT2D eigenvalue weighted by atomic mass is 10.2. The number of primary amides is 1. The highest BCUT2D eigenvalue weighted by Gasteiger charge is 2.21. The van der Waals surface area contributed by atoms with Crippen molar-refractivity contribution in [3.63, 3.8) is 0 Å². The molecule has 1 saturated heterocycles. The first-order chi connectivity index (χ1) is 13.9. The van der Waals surface area contributed by atoms with Crippen LogP contribution in [0.1, 0.15) is 16.1 Å². The first kappa shape index (κ1) is 22.0. The number of nitrogens with one attached hydrogen (secondary N) is 1. The molecule has 1 unspecified atom stereocenters. The van der Waals surface area contributed by atoms with Gasteiger partial charge in [-0.05, 0) is 17.7 Å². The number of amides is 2. The van der Waals surface area contributed by atoms with E-state index in [1.54, 1.807) is 17.5 Å². The first-order valence-electron chi connectivity index (χ1n) is 8.83. The van der Waals surface area contributed by atoms with Crippen LogP contribution >= 0.6 is 34.7 Å². The van der Waals surface area contributed by atoms with Gasteiger partial charge in [-0.1, -0.05) is 29.4 Å². The summed E-state index contributed by atoms with van der Waals surface area (Å²) in [5.74, 6) is -0.966. The highest BCUT2D eigenvalue weighted by molar-refractivity contribution is 8.01. The average molecular weight is 459 g/mol. The van der Waals surface area contributed by atoms with Gasteiger partial charge in [-0.25, -0.2) is 9.37 Å². The molecule has 0 bridgehead atoms. The Kier molecular flexibility index (Phi) is 7.84. The van der Waals surface area contributed by atoms with E-state index in [1.807, 2.05) is 0 Å². The number of nitrogens with two attached hydrogens (primary N) is 1. The van der Waals surface area contributed by atoms with Gasteiger partial charge in [0.25, 0.3) is 5.91 Å². The lowest BCUT2D eigenvalue weighted by Gasteiger charge is -2.33. The normalized spacial score (nSPS) is 17.2. The second-order valence-corrected chi connectivity index (χ2v) is 8.92. The SMILES string of the molecule is NC(=O)c1csc(SCC(=O)NCC2CN(Cc3ccc(F)c(Cl)c3)CCO2)n1. The molecule has 29 heavy (non-hydrogen) atoms. The summed E-state index contributed by atoms with van der Waals surface area (Å²) in [4.78, 5) is 29.4. The zero-order valence-electron chi connectivity index (χ0n) is 15.4. The predicted octanol–water partition coefficient (Wildman–Crippen LogP) is 2.14. The Bertz CT molecular complexity index is 883. The maximum absolute atomic E-state index is 13.3. The number of rotatable bonds is 8. The van der Waals surface area contributed by atoms with E-state index in [1.165, 1.54) is 29.2 Å². The van der Waals surface area contributed by atoms with Gasteiger partial charge in [-0.15, -0.1) is 11.3 Å². The molecule has 0 aliphatic carbocycles. The molecule has 1 aliphatic heterocycles. The number of thioether (sulfide) groups is 1. The summed E-state index contributed by atoms with van der Waals surface area (Å²) in [5.41, 5.74) is 6.29. The fraction of sp³-hybridized carbons (Fsp3) is 0.389. The highest BCUT2D eigenvalue weighted by Crippen LogP contribution is 2.22. The monoisotopic (exact) mass is 458 g/mol. The molecule has 0 saturated carbocycles. The van der Waals surface area contributed by atoms with Crippen LogP contribution in [0.3, 0.4) is 0 Å². The van der Waals surface area contributed by atoms with Crippen molar-refractivity contribution in [1.29, 1.82) is 0 Å². The van der Waals surface area contributed by atoms with Gasteiger partial charge >= 0.3 is 0 Å². The van der Waals surface area contributed by atoms with Crippen molar-refractivity contribution in [2.45, 2.75) is 17.0 Å². The van der Waals surface area contributed by atoms with E-state index >= 15 is 0 Å². The molecule has 0 radical (unpaired) electrons. The topological polar surface area (TPSA) is 97.5 Å². The molecule has 7 nitrogen and oxygen atoms in total. The summed E-state index contributed by atoms with van der Waals surface area (Å²) in [5, 5.41) is 4.54. The van der Waals surface area contributed by atoms with Crippen LogP contribution in [0.15, 0.2) is 27.9 Å². The van der Waals surface area contributed by atoms with E-state index in [4.69, 9.17) is 22.1 Å². The number of morpholine rings is 1. The fourth-order valence-corrected chi connectivity index (χ4v) is 4.63. The van der Waals surface area contributed by atoms with Crippen LogP contribution in [0, 0.1) is 5.82 Å². The Balaban J connectivity index is 1.40. The van der Waals surface area contributed by atoms with E-state index in [-0.39, 0.29) is 28.5 Å².